The van der Waals surface area contributed by atoms with Gasteiger partial charge in [0.25, 0.3) is 0 Å². The molecule has 0 radical (unpaired) electrons. The third-order valence-corrected chi connectivity index (χ3v) is 2.71. The van der Waals surface area contributed by atoms with Gasteiger partial charge in [0.05, 0.1) is 0 Å². The fraction of sp³-hybridized carbons (Fsp3) is 0.385. The van der Waals surface area contributed by atoms with E-state index in [0.717, 1.165) is 24.4 Å². The Labute approximate surface area is 129 Å². The summed E-state index contributed by atoms with van der Waals surface area (Å²) in [4.78, 5) is 14.8. The number of carbonyl (C=O) groups is 1. The van der Waals surface area contributed by atoms with Gasteiger partial charge < -0.3 is 14.9 Å². The molecule has 1 aromatic rings. The van der Waals surface area contributed by atoms with E-state index in [4.69, 9.17) is 10.9 Å². The first-order valence-electron chi connectivity index (χ1n) is 6.51. The van der Waals surface area contributed by atoms with Crippen molar-refractivity contribution in [2.75, 3.05) is 6.54 Å². The largest absolute Gasteiger partial charge is 0.573 e. The summed E-state index contributed by atoms with van der Waals surface area (Å²) in [6.07, 6.45) is -3.26. The van der Waals surface area contributed by atoms with Crippen LogP contribution in [0.25, 0.3) is 0 Å². The maximum atomic E-state index is 12.2. The number of phenolic OH excluding ortho intramolecular Hbond substituents is 1. The van der Waals surface area contributed by atoms with Crippen LogP contribution in [0, 0.1) is 0 Å². The smallest absolute Gasteiger partial charge is 0.507 e. The molecule has 5 N–H and O–H groups in total. The zero-order chi connectivity index (χ0) is 17.5. The molecule has 0 fully saturated rings. The van der Waals surface area contributed by atoms with Gasteiger partial charge in [-0.05, 0) is 31.0 Å². The van der Waals surface area contributed by atoms with Crippen LogP contribution in [0.5, 0.6) is 11.5 Å². The topological polar surface area (TPSA) is 117 Å². The number of phenols is 1. The van der Waals surface area contributed by atoms with E-state index in [1.165, 1.54) is 0 Å². The average Bonchev–Trinajstić information content (AvgIpc) is 2.43. The van der Waals surface area contributed by atoms with Crippen molar-refractivity contribution in [2.24, 2.45) is 10.8 Å². The summed E-state index contributed by atoms with van der Waals surface area (Å²) >= 11 is 0. The molecule has 0 aliphatic rings. The van der Waals surface area contributed by atoms with E-state index in [-0.39, 0.29) is 17.7 Å². The van der Waals surface area contributed by atoms with Crippen molar-refractivity contribution in [2.45, 2.75) is 25.2 Å². The number of aromatic hydroxyl groups is 1. The molecule has 10 heteroatoms. The number of carboxylic acids is 1. The predicted octanol–water partition coefficient (Wildman–Crippen LogP) is 1.41. The lowest BCUT2D eigenvalue weighted by atomic mass is 10.1. The van der Waals surface area contributed by atoms with Crippen LogP contribution in [0.2, 0.25) is 0 Å². The number of halogens is 3. The quantitative estimate of drug-likeness (QED) is 0.247. The highest BCUT2D eigenvalue weighted by atomic mass is 19.4. The van der Waals surface area contributed by atoms with Crippen LogP contribution >= 0.6 is 0 Å². The van der Waals surface area contributed by atoms with Gasteiger partial charge in [0, 0.05) is 18.3 Å². The number of rotatable bonds is 8. The number of hydrogen-bond acceptors (Lipinski definition) is 6. The summed E-state index contributed by atoms with van der Waals surface area (Å²) in [5.41, 5.74) is 2.28. The number of nitrogens with zero attached hydrogens (tertiary/aromatic N) is 1. The number of ether oxygens (including phenoxy) is 1. The lowest BCUT2D eigenvalue weighted by Crippen LogP contribution is -2.25. The van der Waals surface area contributed by atoms with Crippen molar-refractivity contribution in [3.8, 4) is 11.5 Å². The molecule has 1 unspecified atom stereocenters. The minimum absolute atomic E-state index is 0.0880. The maximum Gasteiger partial charge on any atom is 0.573 e. The van der Waals surface area contributed by atoms with E-state index in [1.807, 2.05) is 0 Å². The molecule has 0 saturated carbocycles. The highest BCUT2D eigenvalue weighted by Gasteiger charge is 2.31. The number of carboxylic acid groups (broad SMARTS) is 1. The van der Waals surface area contributed by atoms with Crippen molar-refractivity contribution >= 4 is 12.2 Å². The summed E-state index contributed by atoms with van der Waals surface area (Å²) < 4.78 is 40.2. The van der Waals surface area contributed by atoms with Gasteiger partial charge in [0.2, 0.25) is 0 Å². The van der Waals surface area contributed by atoms with Gasteiger partial charge in [0.1, 0.15) is 17.5 Å². The highest BCUT2D eigenvalue weighted by molar-refractivity contribution is 5.86. The summed E-state index contributed by atoms with van der Waals surface area (Å²) in [5, 5.41) is 18.6. The van der Waals surface area contributed by atoms with Crippen LogP contribution in [-0.4, -0.2) is 41.3 Å². The Morgan fingerprint density at radius 3 is 2.74 bits per heavy atom. The number of aliphatic carboxylic acids is 1. The van der Waals surface area contributed by atoms with Crippen LogP contribution < -0.4 is 16.0 Å². The second-order valence-corrected chi connectivity index (χ2v) is 4.50. The molecule has 0 saturated heterocycles. The van der Waals surface area contributed by atoms with Crippen molar-refractivity contribution < 1.29 is 32.9 Å². The van der Waals surface area contributed by atoms with Gasteiger partial charge in [-0.15, -0.1) is 13.2 Å². The number of hydrazine groups is 1. The normalized spacial score (nSPS) is 13.2. The second-order valence-electron chi connectivity index (χ2n) is 4.50. The number of alkyl halides is 3. The van der Waals surface area contributed by atoms with E-state index in [1.54, 1.807) is 0 Å². The lowest BCUT2D eigenvalue weighted by molar-refractivity contribution is -0.274. The molecule has 23 heavy (non-hydrogen) atoms. The monoisotopic (exact) mass is 335 g/mol. The van der Waals surface area contributed by atoms with Gasteiger partial charge >= 0.3 is 12.3 Å². The van der Waals surface area contributed by atoms with Gasteiger partial charge in [-0.25, -0.2) is 4.79 Å². The lowest BCUT2D eigenvalue weighted by Gasteiger charge is -2.10. The second kappa shape index (κ2) is 8.34. The molecule has 0 bridgehead atoms. The van der Waals surface area contributed by atoms with Crippen LogP contribution in [0.4, 0.5) is 13.2 Å². The third kappa shape index (κ3) is 6.98. The van der Waals surface area contributed by atoms with Crippen LogP contribution in [0.15, 0.2) is 23.2 Å². The molecule has 0 amide bonds. The molecule has 0 heterocycles. The van der Waals surface area contributed by atoms with E-state index in [2.05, 4.69) is 15.2 Å². The molecular weight excluding hydrogens is 319 g/mol. The minimum atomic E-state index is -4.87. The third-order valence-electron chi connectivity index (χ3n) is 2.71. The number of benzene rings is 1. The van der Waals surface area contributed by atoms with Crippen molar-refractivity contribution in [3.05, 3.63) is 23.8 Å². The van der Waals surface area contributed by atoms with Gasteiger partial charge in [-0.3, -0.25) is 16.3 Å². The van der Waals surface area contributed by atoms with Gasteiger partial charge in [0.15, 0.2) is 0 Å². The molecule has 0 aliphatic carbocycles. The Morgan fingerprint density at radius 2 is 2.17 bits per heavy atom. The molecule has 1 aromatic carbocycles. The number of nitrogens with two attached hydrogens (primary N) is 1. The Hall–Kier alpha value is -2.33. The fourth-order valence-electron chi connectivity index (χ4n) is 1.66. The van der Waals surface area contributed by atoms with E-state index >= 15 is 0 Å². The van der Waals surface area contributed by atoms with E-state index < -0.39 is 24.1 Å². The first-order valence-corrected chi connectivity index (χ1v) is 6.51. The molecule has 128 valence electrons. The highest BCUT2D eigenvalue weighted by Crippen LogP contribution is 2.27. The Bertz CT molecular complexity index is 564. The van der Waals surface area contributed by atoms with Gasteiger partial charge in [-0.2, -0.15) is 0 Å². The molecular formula is C13H16F3N3O4. The fourth-order valence-corrected chi connectivity index (χ4v) is 1.66. The number of aliphatic imine (C=N–C) groups is 1. The molecule has 1 rings (SSSR count). The average molecular weight is 335 g/mol. The minimum Gasteiger partial charge on any atom is -0.507 e. The zero-order valence-electron chi connectivity index (χ0n) is 11.9. The van der Waals surface area contributed by atoms with E-state index in [9.17, 15) is 23.1 Å². The summed E-state index contributed by atoms with van der Waals surface area (Å²) in [5.74, 6) is 2.98. The Morgan fingerprint density at radius 1 is 1.48 bits per heavy atom. The molecule has 0 aromatic heterocycles. The first kappa shape index (κ1) is 18.7. The molecule has 0 spiro atoms. The Kier molecular flexibility index (Phi) is 6.79. The molecule has 1 atom stereocenters. The van der Waals surface area contributed by atoms with Gasteiger partial charge in [-0.1, -0.05) is 0 Å². The number of hydrogen-bond donors (Lipinski definition) is 4. The summed E-state index contributed by atoms with van der Waals surface area (Å²) in [7, 11) is 0. The van der Waals surface area contributed by atoms with Crippen LogP contribution in [-0.2, 0) is 4.79 Å². The van der Waals surface area contributed by atoms with Crippen molar-refractivity contribution in [1.29, 1.82) is 0 Å². The predicted molar refractivity (Wildman–Crippen MR) is 75.2 cm³/mol. The van der Waals surface area contributed by atoms with Crippen LogP contribution in [0.1, 0.15) is 18.4 Å². The first-order chi connectivity index (χ1) is 10.7. The molecule has 7 nitrogen and oxygen atoms in total. The van der Waals surface area contributed by atoms with Crippen molar-refractivity contribution in [3.63, 3.8) is 0 Å². The SMILES string of the molecule is NNCCCC(N=Cc1cc(OC(F)(F)F)ccc1O)C(=O)O. The standard InChI is InChI=1S/C13H16F3N3O4/c14-13(15,16)23-9-3-4-11(20)8(6-9)7-18-10(12(21)22)2-1-5-19-17/h3-4,6-7,10,19-20H,1-2,5,17H2,(H,21,22). The summed E-state index contributed by atoms with van der Waals surface area (Å²) in [6.45, 7) is 0.388. The maximum absolute atomic E-state index is 12.2. The summed E-state index contributed by atoms with van der Waals surface area (Å²) in [6, 6.07) is 1.74. The van der Waals surface area contributed by atoms with E-state index in [0.29, 0.717) is 13.0 Å². The van der Waals surface area contributed by atoms with Crippen LogP contribution in [0.3, 0.4) is 0 Å². The molecule has 0 aliphatic heterocycles. The number of nitrogens with one attached hydrogen (secondary N) is 1. The zero-order valence-corrected chi connectivity index (χ0v) is 11.9. The Balaban J connectivity index is 2.87. The van der Waals surface area contributed by atoms with Crippen molar-refractivity contribution in [1.82, 2.24) is 5.43 Å².